The van der Waals surface area contributed by atoms with Crippen molar-refractivity contribution in [1.82, 2.24) is 4.90 Å². The molecular weight excluding hydrogens is 336 g/mol. The summed E-state index contributed by atoms with van der Waals surface area (Å²) < 4.78 is 10.1. The number of esters is 1. The Bertz CT molecular complexity index is 621. The van der Waals surface area contributed by atoms with E-state index in [1.54, 1.807) is 43.2 Å². The van der Waals surface area contributed by atoms with Gasteiger partial charge in [-0.1, -0.05) is 0 Å². The van der Waals surface area contributed by atoms with Gasteiger partial charge in [-0.3, -0.25) is 14.4 Å². The average molecular weight is 362 g/mol. The second kappa shape index (κ2) is 9.79. The molecule has 1 aromatic rings. The first-order valence-electron chi connectivity index (χ1n) is 8.91. The van der Waals surface area contributed by atoms with E-state index in [1.807, 2.05) is 0 Å². The zero-order valence-corrected chi connectivity index (χ0v) is 15.3. The molecular formula is C19H26N2O5. The van der Waals surface area contributed by atoms with Crippen molar-refractivity contribution in [1.29, 1.82) is 0 Å². The van der Waals surface area contributed by atoms with Crippen LogP contribution in [0.3, 0.4) is 0 Å². The van der Waals surface area contributed by atoms with Crippen LogP contribution in [0.4, 0.5) is 5.69 Å². The third-order valence-electron chi connectivity index (χ3n) is 4.41. The highest BCUT2D eigenvalue weighted by molar-refractivity contribution is 5.93. The van der Waals surface area contributed by atoms with Crippen molar-refractivity contribution in [2.75, 3.05) is 32.1 Å². The number of methoxy groups -OCH3 is 1. The van der Waals surface area contributed by atoms with Crippen molar-refractivity contribution < 1.29 is 23.9 Å². The van der Waals surface area contributed by atoms with E-state index >= 15 is 0 Å². The highest BCUT2D eigenvalue weighted by Gasteiger charge is 2.28. The number of carbonyl (C=O) groups is 3. The fourth-order valence-corrected chi connectivity index (χ4v) is 2.90. The van der Waals surface area contributed by atoms with Crippen LogP contribution in [0.2, 0.25) is 0 Å². The third-order valence-corrected chi connectivity index (χ3v) is 4.41. The first kappa shape index (κ1) is 19.8. The van der Waals surface area contributed by atoms with Crippen LogP contribution in [0.5, 0.6) is 5.75 Å². The van der Waals surface area contributed by atoms with Gasteiger partial charge in [0.25, 0.3) is 0 Å². The minimum Gasteiger partial charge on any atom is -0.497 e. The second-order valence-corrected chi connectivity index (χ2v) is 6.18. The summed E-state index contributed by atoms with van der Waals surface area (Å²) in [5, 5.41) is 2.76. The predicted octanol–water partition coefficient (Wildman–Crippen LogP) is 2.22. The number of anilines is 1. The van der Waals surface area contributed by atoms with Gasteiger partial charge in [0.05, 0.1) is 19.6 Å². The van der Waals surface area contributed by atoms with Crippen molar-refractivity contribution >= 4 is 23.5 Å². The number of hydrogen-bond acceptors (Lipinski definition) is 5. The Balaban J connectivity index is 1.71. The van der Waals surface area contributed by atoms with Gasteiger partial charge < -0.3 is 19.7 Å². The first-order valence-corrected chi connectivity index (χ1v) is 8.91. The lowest BCUT2D eigenvalue weighted by atomic mass is 9.96. The fourth-order valence-electron chi connectivity index (χ4n) is 2.90. The molecule has 0 bridgehead atoms. The van der Waals surface area contributed by atoms with Gasteiger partial charge in [-0.25, -0.2) is 0 Å². The van der Waals surface area contributed by atoms with Crippen LogP contribution in [0.1, 0.15) is 32.6 Å². The molecule has 0 aromatic heterocycles. The fraction of sp³-hybridized carbons (Fsp3) is 0.526. The molecule has 142 valence electrons. The molecule has 0 saturated carbocycles. The van der Waals surface area contributed by atoms with E-state index in [4.69, 9.17) is 9.47 Å². The van der Waals surface area contributed by atoms with Gasteiger partial charge in [0, 0.05) is 31.6 Å². The molecule has 1 aromatic carbocycles. The number of hydrogen-bond donors (Lipinski definition) is 1. The molecule has 1 N–H and O–H groups in total. The van der Waals surface area contributed by atoms with Crippen molar-refractivity contribution in [3.05, 3.63) is 24.3 Å². The quantitative estimate of drug-likeness (QED) is 0.752. The van der Waals surface area contributed by atoms with Crippen LogP contribution in [0.25, 0.3) is 0 Å². The molecule has 0 radical (unpaired) electrons. The lowest BCUT2D eigenvalue weighted by Crippen LogP contribution is -2.40. The largest absolute Gasteiger partial charge is 0.497 e. The molecule has 0 spiro atoms. The SMILES string of the molecule is CCOC(=O)C1CCN(C(=O)CCC(=O)Nc2ccc(OC)cc2)CC1. The Morgan fingerprint density at radius 2 is 1.77 bits per heavy atom. The molecule has 1 aliphatic rings. The monoisotopic (exact) mass is 362 g/mol. The third kappa shape index (κ3) is 5.75. The summed E-state index contributed by atoms with van der Waals surface area (Å²) in [4.78, 5) is 37.7. The molecule has 0 atom stereocenters. The number of rotatable bonds is 7. The number of likely N-dealkylation sites (tertiary alicyclic amines) is 1. The van der Waals surface area contributed by atoms with Crippen molar-refractivity contribution in [3.63, 3.8) is 0 Å². The van der Waals surface area contributed by atoms with Crippen molar-refractivity contribution in [3.8, 4) is 5.75 Å². The summed E-state index contributed by atoms with van der Waals surface area (Å²) in [6, 6.07) is 7.01. The van der Waals surface area contributed by atoms with Gasteiger partial charge in [0.15, 0.2) is 0 Å². The molecule has 2 amide bonds. The predicted molar refractivity (Wildman–Crippen MR) is 96.8 cm³/mol. The van der Waals surface area contributed by atoms with Crippen LogP contribution in [0, 0.1) is 5.92 Å². The Kier molecular flexibility index (Phi) is 7.44. The van der Waals surface area contributed by atoms with Crippen LogP contribution >= 0.6 is 0 Å². The summed E-state index contributed by atoms with van der Waals surface area (Å²) in [5.41, 5.74) is 0.665. The molecule has 0 unspecified atom stereocenters. The highest BCUT2D eigenvalue weighted by atomic mass is 16.5. The van der Waals surface area contributed by atoms with E-state index in [-0.39, 0.29) is 36.5 Å². The summed E-state index contributed by atoms with van der Waals surface area (Å²) in [7, 11) is 1.58. The number of ether oxygens (including phenoxy) is 2. The lowest BCUT2D eigenvalue weighted by molar-refractivity contribution is -0.151. The minimum atomic E-state index is -0.204. The maximum atomic E-state index is 12.3. The molecule has 0 aliphatic carbocycles. The number of piperidine rings is 1. The number of nitrogens with one attached hydrogen (secondary N) is 1. The van der Waals surface area contributed by atoms with E-state index in [0.29, 0.717) is 44.0 Å². The standard InChI is InChI=1S/C19H26N2O5/c1-3-26-19(24)14-10-12-21(13-11-14)18(23)9-8-17(22)20-15-4-6-16(25-2)7-5-15/h4-7,14H,3,8-13H2,1-2H3,(H,20,22). The van der Waals surface area contributed by atoms with Gasteiger partial charge in [-0.2, -0.15) is 0 Å². The van der Waals surface area contributed by atoms with Crippen LogP contribution in [-0.2, 0) is 19.1 Å². The van der Waals surface area contributed by atoms with E-state index in [2.05, 4.69) is 5.32 Å². The smallest absolute Gasteiger partial charge is 0.309 e. The van der Waals surface area contributed by atoms with E-state index < -0.39 is 0 Å². The number of benzene rings is 1. The van der Waals surface area contributed by atoms with Crippen LogP contribution < -0.4 is 10.1 Å². The molecule has 2 rings (SSSR count). The van der Waals surface area contributed by atoms with E-state index in [9.17, 15) is 14.4 Å². The number of carbonyl (C=O) groups excluding carboxylic acids is 3. The zero-order chi connectivity index (χ0) is 18.9. The van der Waals surface area contributed by atoms with E-state index in [1.165, 1.54) is 0 Å². The van der Waals surface area contributed by atoms with E-state index in [0.717, 1.165) is 0 Å². The average Bonchev–Trinajstić information content (AvgIpc) is 2.67. The van der Waals surface area contributed by atoms with Gasteiger partial charge >= 0.3 is 5.97 Å². The normalized spacial score (nSPS) is 14.6. The summed E-state index contributed by atoms with van der Waals surface area (Å²) >= 11 is 0. The van der Waals surface area contributed by atoms with Crippen LogP contribution in [-0.4, -0.2) is 49.5 Å². The Hall–Kier alpha value is -2.57. The molecule has 26 heavy (non-hydrogen) atoms. The zero-order valence-electron chi connectivity index (χ0n) is 15.3. The Morgan fingerprint density at radius 3 is 2.35 bits per heavy atom. The molecule has 1 aliphatic heterocycles. The van der Waals surface area contributed by atoms with Crippen LogP contribution in [0.15, 0.2) is 24.3 Å². The molecule has 7 heteroatoms. The summed E-state index contributed by atoms with van der Waals surface area (Å²) in [6.45, 7) is 3.22. The topological polar surface area (TPSA) is 84.9 Å². The maximum absolute atomic E-state index is 12.3. The molecule has 7 nitrogen and oxygen atoms in total. The number of nitrogens with zero attached hydrogens (tertiary/aromatic N) is 1. The molecule has 1 heterocycles. The Labute approximate surface area is 153 Å². The van der Waals surface area contributed by atoms with Gasteiger partial charge in [0.2, 0.25) is 11.8 Å². The van der Waals surface area contributed by atoms with Crippen molar-refractivity contribution in [2.45, 2.75) is 32.6 Å². The maximum Gasteiger partial charge on any atom is 0.309 e. The Morgan fingerprint density at radius 1 is 1.12 bits per heavy atom. The van der Waals surface area contributed by atoms with Crippen molar-refractivity contribution in [2.24, 2.45) is 5.92 Å². The summed E-state index contributed by atoms with van der Waals surface area (Å²) in [6.07, 6.45) is 1.51. The first-order chi connectivity index (χ1) is 12.5. The number of amides is 2. The van der Waals surface area contributed by atoms with Gasteiger partial charge in [-0.05, 0) is 44.0 Å². The lowest BCUT2D eigenvalue weighted by Gasteiger charge is -2.30. The minimum absolute atomic E-state index is 0.0582. The highest BCUT2D eigenvalue weighted by Crippen LogP contribution is 2.20. The van der Waals surface area contributed by atoms with Gasteiger partial charge in [-0.15, -0.1) is 0 Å². The molecule has 1 fully saturated rings. The molecule has 1 saturated heterocycles. The van der Waals surface area contributed by atoms with Gasteiger partial charge in [0.1, 0.15) is 5.75 Å². The summed E-state index contributed by atoms with van der Waals surface area (Å²) in [5.74, 6) is 0.141. The second-order valence-electron chi connectivity index (χ2n) is 6.18.